The molecule has 0 aliphatic heterocycles. The van der Waals surface area contributed by atoms with Crippen LogP contribution in [0.25, 0.3) is 16.9 Å². The number of pyridine rings is 1. The van der Waals surface area contributed by atoms with Crippen LogP contribution in [-0.2, 0) is 15.8 Å². The van der Waals surface area contributed by atoms with Crippen LogP contribution in [-0.4, -0.2) is 17.8 Å². The van der Waals surface area contributed by atoms with Crippen LogP contribution in [0.3, 0.4) is 0 Å². The van der Waals surface area contributed by atoms with Gasteiger partial charge in [-0.25, -0.2) is 13.4 Å². The number of anilines is 1. The number of imidazole rings is 1. The van der Waals surface area contributed by atoms with Gasteiger partial charge in [-0.2, -0.15) is 0 Å². The molecule has 0 unspecified atom stereocenters. The smallest absolute Gasteiger partial charge is 0.236 e. The van der Waals surface area contributed by atoms with Crippen LogP contribution in [0.5, 0.6) is 0 Å². The van der Waals surface area contributed by atoms with Gasteiger partial charge in [-0.05, 0) is 42.3 Å². The number of aryl methyl sites for hydroxylation is 1. The third-order valence-electron chi connectivity index (χ3n) is 4.42. The monoisotopic (exact) mass is 411 g/mol. The first kappa shape index (κ1) is 18.5. The molecule has 0 aliphatic carbocycles. The molecule has 0 fully saturated rings. The van der Waals surface area contributed by atoms with E-state index < -0.39 is 10.0 Å². The van der Waals surface area contributed by atoms with Crippen LogP contribution in [0.1, 0.15) is 11.1 Å². The molecule has 28 heavy (non-hydrogen) atoms. The first-order chi connectivity index (χ1) is 13.4. The molecule has 142 valence electrons. The average Bonchev–Trinajstić information content (AvgIpc) is 3.09. The molecule has 0 bridgehead atoms. The largest absolute Gasteiger partial charge is 0.306 e. The topological polar surface area (TPSA) is 63.5 Å². The Hall–Kier alpha value is -2.83. The fraction of sp³-hybridized carbons (Fsp3) is 0.0952. The lowest BCUT2D eigenvalue weighted by atomic mass is 10.1. The van der Waals surface area contributed by atoms with E-state index >= 15 is 0 Å². The molecule has 0 amide bonds. The molecule has 0 radical (unpaired) electrons. The maximum Gasteiger partial charge on any atom is 0.236 e. The molecular weight excluding hydrogens is 394 g/mol. The van der Waals surface area contributed by atoms with Gasteiger partial charge in [-0.15, -0.1) is 0 Å². The number of hydrogen-bond donors (Lipinski definition) is 1. The van der Waals surface area contributed by atoms with E-state index in [1.54, 1.807) is 36.4 Å². The van der Waals surface area contributed by atoms with Gasteiger partial charge in [0.2, 0.25) is 10.0 Å². The predicted molar refractivity (Wildman–Crippen MR) is 113 cm³/mol. The Morgan fingerprint density at radius 2 is 1.79 bits per heavy atom. The first-order valence-electron chi connectivity index (χ1n) is 8.70. The standard InChI is InChI=1S/C21H18ClN3O2S/c1-15-5-4-12-25-13-20(23-21(15)25)18-6-2-3-7-19(18)24-28(26,27)14-16-8-10-17(22)11-9-16/h2-13,24H,14H2,1H3. The second-order valence-corrected chi connectivity index (χ2v) is 8.74. The zero-order valence-corrected chi connectivity index (χ0v) is 16.7. The summed E-state index contributed by atoms with van der Waals surface area (Å²) in [5.41, 5.74) is 4.49. The quantitative estimate of drug-likeness (QED) is 0.507. The number of benzene rings is 2. The number of aromatic nitrogens is 2. The van der Waals surface area contributed by atoms with E-state index in [2.05, 4.69) is 9.71 Å². The number of nitrogens with one attached hydrogen (secondary N) is 1. The molecule has 0 spiro atoms. The summed E-state index contributed by atoms with van der Waals surface area (Å²) >= 11 is 5.87. The van der Waals surface area contributed by atoms with Crippen molar-refractivity contribution in [2.45, 2.75) is 12.7 Å². The minimum atomic E-state index is -3.60. The number of fused-ring (bicyclic) bond motifs is 1. The number of para-hydroxylation sites is 1. The predicted octanol–water partition coefficient (Wildman–Crippen LogP) is 4.91. The highest BCUT2D eigenvalue weighted by molar-refractivity contribution is 7.91. The molecule has 0 saturated carbocycles. The first-order valence-corrected chi connectivity index (χ1v) is 10.7. The Morgan fingerprint density at radius 1 is 1.04 bits per heavy atom. The summed E-state index contributed by atoms with van der Waals surface area (Å²) < 4.78 is 30.0. The van der Waals surface area contributed by atoms with Gasteiger partial charge in [0, 0.05) is 23.0 Å². The minimum Gasteiger partial charge on any atom is -0.306 e. The number of sulfonamides is 1. The highest BCUT2D eigenvalue weighted by Crippen LogP contribution is 2.29. The molecule has 4 rings (SSSR count). The van der Waals surface area contributed by atoms with Gasteiger partial charge in [-0.1, -0.05) is 48.0 Å². The Bertz CT molecular complexity index is 1250. The molecule has 0 atom stereocenters. The normalized spacial score (nSPS) is 11.6. The van der Waals surface area contributed by atoms with Crippen molar-refractivity contribution < 1.29 is 8.42 Å². The molecule has 7 heteroatoms. The lowest BCUT2D eigenvalue weighted by molar-refractivity contribution is 0.600. The van der Waals surface area contributed by atoms with Crippen LogP contribution < -0.4 is 4.72 Å². The van der Waals surface area contributed by atoms with Gasteiger partial charge in [0.15, 0.2) is 0 Å². The second-order valence-electron chi connectivity index (χ2n) is 6.58. The van der Waals surface area contributed by atoms with Gasteiger partial charge in [0.05, 0.1) is 17.1 Å². The number of halogens is 1. The second kappa shape index (κ2) is 7.30. The summed E-state index contributed by atoms with van der Waals surface area (Å²) in [6.07, 6.45) is 3.82. The van der Waals surface area contributed by atoms with Crippen LogP contribution in [0.4, 0.5) is 5.69 Å². The highest BCUT2D eigenvalue weighted by atomic mass is 35.5. The Kier molecular flexibility index (Phi) is 4.83. The van der Waals surface area contributed by atoms with E-state index in [1.807, 2.05) is 48.0 Å². The van der Waals surface area contributed by atoms with Crippen LogP contribution >= 0.6 is 11.6 Å². The maximum atomic E-state index is 12.7. The van der Waals surface area contributed by atoms with Crippen molar-refractivity contribution in [2.24, 2.45) is 0 Å². The molecular formula is C21H18ClN3O2S. The summed E-state index contributed by atoms with van der Waals surface area (Å²) in [7, 11) is -3.60. The van der Waals surface area contributed by atoms with E-state index in [-0.39, 0.29) is 5.75 Å². The number of hydrogen-bond acceptors (Lipinski definition) is 3. The molecule has 0 saturated heterocycles. The van der Waals surface area contributed by atoms with E-state index in [1.165, 1.54) is 0 Å². The van der Waals surface area contributed by atoms with Crippen LogP contribution in [0.15, 0.2) is 73.1 Å². The Labute approximate surface area is 168 Å². The summed E-state index contributed by atoms with van der Waals surface area (Å²) in [5.74, 6) is -0.136. The van der Waals surface area contributed by atoms with Crippen molar-refractivity contribution in [3.05, 3.63) is 89.2 Å². The third-order valence-corrected chi connectivity index (χ3v) is 5.91. The highest BCUT2D eigenvalue weighted by Gasteiger charge is 2.16. The van der Waals surface area contributed by atoms with Gasteiger partial charge in [-0.3, -0.25) is 4.72 Å². The van der Waals surface area contributed by atoms with Crippen LogP contribution in [0.2, 0.25) is 5.02 Å². The van der Waals surface area contributed by atoms with Gasteiger partial charge in [0.25, 0.3) is 0 Å². The van der Waals surface area contributed by atoms with Gasteiger partial charge < -0.3 is 4.40 Å². The summed E-state index contributed by atoms with van der Waals surface area (Å²) in [5, 5.41) is 0.571. The van der Waals surface area contributed by atoms with Gasteiger partial charge >= 0.3 is 0 Å². The molecule has 2 aromatic heterocycles. The zero-order valence-electron chi connectivity index (χ0n) is 15.1. The molecule has 0 aliphatic rings. The van der Waals surface area contributed by atoms with Crippen LogP contribution in [0, 0.1) is 6.92 Å². The lowest BCUT2D eigenvalue weighted by Gasteiger charge is -2.11. The molecule has 2 heterocycles. The fourth-order valence-corrected chi connectivity index (χ4v) is 4.43. The molecule has 4 aromatic rings. The van der Waals surface area contributed by atoms with Crippen molar-refractivity contribution in [1.82, 2.24) is 9.38 Å². The maximum absolute atomic E-state index is 12.7. The van der Waals surface area contributed by atoms with Crippen molar-refractivity contribution in [2.75, 3.05) is 4.72 Å². The average molecular weight is 412 g/mol. The third kappa shape index (κ3) is 3.88. The number of nitrogens with zero attached hydrogens (tertiary/aromatic N) is 2. The fourth-order valence-electron chi connectivity index (χ4n) is 3.08. The van der Waals surface area contributed by atoms with E-state index in [0.717, 1.165) is 16.8 Å². The summed E-state index contributed by atoms with van der Waals surface area (Å²) in [6.45, 7) is 1.99. The minimum absolute atomic E-state index is 0.136. The zero-order chi connectivity index (χ0) is 19.7. The SMILES string of the molecule is Cc1cccn2cc(-c3ccccc3NS(=O)(=O)Cc3ccc(Cl)cc3)nc12. The summed E-state index contributed by atoms with van der Waals surface area (Å²) in [6, 6.07) is 18.0. The molecule has 2 aromatic carbocycles. The molecule has 5 nitrogen and oxygen atoms in total. The summed E-state index contributed by atoms with van der Waals surface area (Å²) in [4.78, 5) is 4.68. The number of rotatable bonds is 5. The molecule has 1 N–H and O–H groups in total. The van der Waals surface area contributed by atoms with E-state index in [4.69, 9.17) is 11.6 Å². The Balaban J connectivity index is 1.67. The van der Waals surface area contributed by atoms with Crippen molar-refractivity contribution in [3.63, 3.8) is 0 Å². The lowest BCUT2D eigenvalue weighted by Crippen LogP contribution is -2.15. The Morgan fingerprint density at radius 3 is 2.54 bits per heavy atom. The van der Waals surface area contributed by atoms with Crippen molar-refractivity contribution >= 4 is 33.0 Å². The van der Waals surface area contributed by atoms with Gasteiger partial charge in [0.1, 0.15) is 5.65 Å². The van der Waals surface area contributed by atoms with Crippen molar-refractivity contribution in [3.8, 4) is 11.3 Å². The van der Waals surface area contributed by atoms with E-state index in [0.29, 0.717) is 22.0 Å². The van der Waals surface area contributed by atoms with E-state index in [9.17, 15) is 8.42 Å². The van der Waals surface area contributed by atoms with Crippen molar-refractivity contribution in [1.29, 1.82) is 0 Å².